The molecule has 10 nitrogen and oxygen atoms in total. The molecular formula is C23H28N8O2S. The zero-order valence-corrected chi connectivity index (χ0v) is 20.4. The molecule has 0 fully saturated rings. The predicted octanol–water partition coefficient (Wildman–Crippen LogP) is 3.44. The first-order chi connectivity index (χ1) is 16.5. The van der Waals surface area contributed by atoms with Crippen LogP contribution < -0.4 is 15.4 Å². The molecule has 3 heterocycles. The normalized spacial score (nSPS) is 11.2. The molecule has 3 aromatic heterocycles. The molecule has 0 aliphatic rings. The molecule has 178 valence electrons. The van der Waals surface area contributed by atoms with Gasteiger partial charge in [-0.05, 0) is 30.4 Å². The van der Waals surface area contributed by atoms with Crippen LogP contribution in [0.15, 0.2) is 41.7 Å². The number of nitrogens with zero attached hydrogens (tertiary/aromatic N) is 5. The second-order valence-corrected chi connectivity index (χ2v) is 8.87. The molecular weight excluding hydrogens is 452 g/mol. The summed E-state index contributed by atoms with van der Waals surface area (Å²) in [6, 6.07) is 9.25. The molecule has 0 aliphatic carbocycles. The summed E-state index contributed by atoms with van der Waals surface area (Å²) >= 11 is 1.48. The molecule has 0 saturated carbocycles. The van der Waals surface area contributed by atoms with Crippen molar-refractivity contribution >= 4 is 34.5 Å². The Morgan fingerprint density at radius 3 is 2.88 bits per heavy atom. The van der Waals surface area contributed by atoms with Gasteiger partial charge in [-0.3, -0.25) is 9.89 Å². The van der Waals surface area contributed by atoms with E-state index in [1.165, 1.54) is 11.8 Å². The average molecular weight is 481 g/mol. The van der Waals surface area contributed by atoms with Crippen LogP contribution in [0.5, 0.6) is 5.75 Å². The third-order valence-electron chi connectivity index (χ3n) is 5.13. The number of benzene rings is 1. The van der Waals surface area contributed by atoms with Crippen molar-refractivity contribution in [1.29, 1.82) is 0 Å². The van der Waals surface area contributed by atoms with Crippen LogP contribution in [0.25, 0.3) is 22.3 Å². The number of amides is 1. The summed E-state index contributed by atoms with van der Waals surface area (Å²) in [7, 11) is 1.61. The standard InChI is InChI=1S/C23H28N8O2S/c1-14(2)12-25-20-17-13-26-31(21(17)28-23(27-20)34-4)9-8-24-22(32)19-11-18(29-30-19)15-6-5-7-16(10-15)33-3/h5-7,10-11,13-14H,8-9,12H2,1-4H3,(H,24,32)(H,29,30)(H,25,27,28). The maximum absolute atomic E-state index is 12.6. The summed E-state index contributed by atoms with van der Waals surface area (Å²) in [5.74, 6) is 1.76. The Morgan fingerprint density at radius 2 is 2.12 bits per heavy atom. The van der Waals surface area contributed by atoms with Crippen molar-refractivity contribution in [1.82, 2.24) is 35.3 Å². The van der Waals surface area contributed by atoms with E-state index in [0.717, 1.165) is 34.7 Å². The summed E-state index contributed by atoms with van der Waals surface area (Å²) < 4.78 is 7.04. The van der Waals surface area contributed by atoms with E-state index >= 15 is 0 Å². The van der Waals surface area contributed by atoms with Crippen LogP contribution in [-0.4, -0.2) is 62.3 Å². The van der Waals surface area contributed by atoms with Gasteiger partial charge < -0.3 is 15.4 Å². The van der Waals surface area contributed by atoms with E-state index in [2.05, 4.69) is 49.7 Å². The highest BCUT2D eigenvalue weighted by atomic mass is 32.2. The molecule has 0 aliphatic heterocycles. The first-order valence-electron chi connectivity index (χ1n) is 11.0. The van der Waals surface area contributed by atoms with E-state index in [0.29, 0.717) is 35.6 Å². The van der Waals surface area contributed by atoms with E-state index in [9.17, 15) is 4.79 Å². The molecule has 0 atom stereocenters. The first-order valence-corrected chi connectivity index (χ1v) is 12.2. The van der Waals surface area contributed by atoms with Gasteiger partial charge in [0.2, 0.25) is 0 Å². The first kappa shape index (κ1) is 23.6. The van der Waals surface area contributed by atoms with Crippen molar-refractivity contribution in [3.05, 3.63) is 42.2 Å². The lowest BCUT2D eigenvalue weighted by Gasteiger charge is -2.10. The smallest absolute Gasteiger partial charge is 0.269 e. The number of anilines is 1. The Labute approximate surface area is 201 Å². The highest BCUT2D eigenvalue weighted by Gasteiger charge is 2.15. The number of thioether (sulfide) groups is 1. The third kappa shape index (κ3) is 5.30. The number of aromatic nitrogens is 6. The van der Waals surface area contributed by atoms with Crippen LogP contribution in [0.1, 0.15) is 24.3 Å². The second-order valence-electron chi connectivity index (χ2n) is 8.09. The van der Waals surface area contributed by atoms with Gasteiger partial charge in [0.15, 0.2) is 10.8 Å². The number of aromatic amines is 1. The highest BCUT2D eigenvalue weighted by Crippen LogP contribution is 2.24. The number of fused-ring (bicyclic) bond motifs is 1. The summed E-state index contributed by atoms with van der Waals surface area (Å²) in [5.41, 5.74) is 2.66. The Morgan fingerprint density at radius 1 is 1.26 bits per heavy atom. The Kier molecular flexibility index (Phi) is 7.31. The Hall–Kier alpha value is -3.60. The average Bonchev–Trinajstić information content (AvgIpc) is 3.50. The van der Waals surface area contributed by atoms with Crippen LogP contribution in [0.4, 0.5) is 5.82 Å². The summed E-state index contributed by atoms with van der Waals surface area (Å²) in [5, 5.41) is 19.4. The minimum atomic E-state index is -0.239. The predicted molar refractivity (Wildman–Crippen MR) is 133 cm³/mol. The van der Waals surface area contributed by atoms with E-state index in [1.807, 2.05) is 30.5 Å². The Bertz CT molecular complexity index is 1280. The molecule has 11 heteroatoms. The largest absolute Gasteiger partial charge is 0.497 e. The van der Waals surface area contributed by atoms with E-state index in [1.54, 1.807) is 24.1 Å². The molecule has 4 aromatic rings. The minimum absolute atomic E-state index is 0.239. The van der Waals surface area contributed by atoms with Crippen LogP contribution in [0.2, 0.25) is 0 Å². The quantitative estimate of drug-likeness (QED) is 0.233. The van der Waals surface area contributed by atoms with Gasteiger partial charge in [0.1, 0.15) is 17.3 Å². The van der Waals surface area contributed by atoms with Crippen molar-refractivity contribution in [3.8, 4) is 17.0 Å². The maximum atomic E-state index is 12.6. The molecule has 0 saturated heterocycles. The van der Waals surface area contributed by atoms with Gasteiger partial charge in [-0.1, -0.05) is 37.7 Å². The van der Waals surface area contributed by atoms with Crippen LogP contribution in [0, 0.1) is 5.92 Å². The molecule has 1 aromatic carbocycles. The van der Waals surface area contributed by atoms with Crippen molar-refractivity contribution in [3.63, 3.8) is 0 Å². The summed E-state index contributed by atoms with van der Waals surface area (Å²) in [6.45, 7) is 5.96. The number of carbonyl (C=O) groups is 1. The number of ether oxygens (including phenoxy) is 1. The number of hydrogen-bond acceptors (Lipinski definition) is 8. The van der Waals surface area contributed by atoms with Gasteiger partial charge in [-0.25, -0.2) is 14.6 Å². The number of carbonyl (C=O) groups excluding carboxylic acids is 1. The molecule has 0 unspecified atom stereocenters. The molecule has 0 radical (unpaired) electrons. The zero-order valence-electron chi connectivity index (χ0n) is 19.6. The van der Waals surface area contributed by atoms with Crippen molar-refractivity contribution in [2.75, 3.05) is 31.8 Å². The fourth-order valence-electron chi connectivity index (χ4n) is 3.36. The summed E-state index contributed by atoms with van der Waals surface area (Å²) in [6.07, 6.45) is 3.71. The van der Waals surface area contributed by atoms with Crippen LogP contribution >= 0.6 is 11.8 Å². The van der Waals surface area contributed by atoms with Crippen LogP contribution in [-0.2, 0) is 6.54 Å². The van der Waals surface area contributed by atoms with Gasteiger partial charge in [0.05, 0.1) is 30.9 Å². The molecule has 4 rings (SSSR count). The van der Waals surface area contributed by atoms with Gasteiger partial charge in [-0.2, -0.15) is 10.2 Å². The maximum Gasteiger partial charge on any atom is 0.269 e. The van der Waals surface area contributed by atoms with Gasteiger partial charge >= 0.3 is 0 Å². The summed E-state index contributed by atoms with van der Waals surface area (Å²) in [4.78, 5) is 21.8. The molecule has 3 N–H and O–H groups in total. The highest BCUT2D eigenvalue weighted by molar-refractivity contribution is 7.98. The minimum Gasteiger partial charge on any atom is -0.497 e. The van der Waals surface area contributed by atoms with Crippen LogP contribution in [0.3, 0.4) is 0 Å². The van der Waals surface area contributed by atoms with Crippen molar-refractivity contribution in [2.45, 2.75) is 25.5 Å². The molecule has 1 amide bonds. The molecule has 0 spiro atoms. The van der Waals surface area contributed by atoms with Crippen molar-refractivity contribution < 1.29 is 9.53 Å². The van der Waals surface area contributed by atoms with Crippen molar-refractivity contribution in [2.24, 2.45) is 5.92 Å². The number of hydrogen-bond donors (Lipinski definition) is 3. The lowest BCUT2D eigenvalue weighted by atomic mass is 10.1. The molecule has 0 bridgehead atoms. The fourth-order valence-corrected chi connectivity index (χ4v) is 3.73. The Balaban J connectivity index is 1.42. The van der Waals surface area contributed by atoms with Gasteiger partial charge in [0.25, 0.3) is 5.91 Å². The number of nitrogens with one attached hydrogen (secondary N) is 3. The van der Waals surface area contributed by atoms with E-state index in [4.69, 9.17) is 4.74 Å². The number of rotatable bonds is 10. The molecule has 34 heavy (non-hydrogen) atoms. The SMILES string of the molecule is COc1cccc(-c2cc(C(=O)NCCn3ncc4c(NCC(C)C)nc(SC)nc43)[nH]n2)c1. The zero-order chi connectivity index (χ0) is 24.1. The third-order valence-corrected chi connectivity index (χ3v) is 5.68. The second kappa shape index (κ2) is 10.6. The fraction of sp³-hybridized carbons (Fsp3) is 0.348. The monoisotopic (exact) mass is 480 g/mol. The van der Waals surface area contributed by atoms with E-state index in [-0.39, 0.29) is 5.91 Å². The lowest BCUT2D eigenvalue weighted by molar-refractivity contribution is 0.0947. The number of methoxy groups -OCH3 is 1. The van der Waals surface area contributed by atoms with E-state index < -0.39 is 0 Å². The lowest BCUT2D eigenvalue weighted by Crippen LogP contribution is -2.27. The topological polar surface area (TPSA) is 123 Å². The van der Waals surface area contributed by atoms with Gasteiger partial charge in [0, 0.05) is 18.7 Å². The van der Waals surface area contributed by atoms with Gasteiger partial charge in [-0.15, -0.1) is 0 Å². The number of H-pyrrole nitrogens is 1.